The van der Waals surface area contributed by atoms with E-state index in [2.05, 4.69) is 5.32 Å². The molecule has 2 atom stereocenters. The Labute approximate surface area is 120 Å². The van der Waals surface area contributed by atoms with E-state index >= 15 is 0 Å². The minimum absolute atomic E-state index is 0.131. The average molecular weight is 277 g/mol. The molecular formula is C17H24FNO. The van der Waals surface area contributed by atoms with E-state index in [1.807, 2.05) is 13.0 Å². The van der Waals surface area contributed by atoms with E-state index in [1.54, 1.807) is 0 Å². The molecule has 3 heteroatoms. The molecule has 20 heavy (non-hydrogen) atoms. The van der Waals surface area contributed by atoms with Gasteiger partial charge in [0.1, 0.15) is 5.82 Å². The van der Waals surface area contributed by atoms with Gasteiger partial charge >= 0.3 is 0 Å². The molecule has 0 bridgehead atoms. The summed E-state index contributed by atoms with van der Waals surface area (Å²) < 4.78 is 13.5. The second kappa shape index (κ2) is 5.36. The highest BCUT2D eigenvalue weighted by Crippen LogP contribution is 2.47. The van der Waals surface area contributed by atoms with Gasteiger partial charge < -0.3 is 10.4 Å². The molecule has 2 N–H and O–H groups in total. The van der Waals surface area contributed by atoms with Crippen LogP contribution in [0.5, 0.6) is 0 Å². The van der Waals surface area contributed by atoms with Gasteiger partial charge in [0.15, 0.2) is 0 Å². The van der Waals surface area contributed by atoms with Crippen LogP contribution in [0, 0.1) is 24.6 Å². The summed E-state index contributed by atoms with van der Waals surface area (Å²) in [7, 11) is 0. The van der Waals surface area contributed by atoms with E-state index in [0.29, 0.717) is 0 Å². The second-order valence-electron chi connectivity index (χ2n) is 6.77. The largest absolute Gasteiger partial charge is 0.394 e. The fraction of sp³-hybridized carbons (Fsp3) is 0.647. The molecule has 2 aliphatic carbocycles. The zero-order chi connectivity index (χ0) is 14.2. The summed E-state index contributed by atoms with van der Waals surface area (Å²) in [5.74, 6) is 1.39. The summed E-state index contributed by atoms with van der Waals surface area (Å²) in [5, 5.41) is 13.4. The molecule has 2 nitrogen and oxygen atoms in total. The third-order valence-electron chi connectivity index (χ3n) is 4.93. The Hall–Kier alpha value is -1.09. The van der Waals surface area contributed by atoms with E-state index in [9.17, 15) is 9.50 Å². The van der Waals surface area contributed by atoms with Gasteiger partial charge in [0.05, 0.1) is 12.1 Å². The van der Waals surface area contributed by atoms with Crippen LogP contribution in [-0.2, 0) is 0 Å². The van der Waals surface area contributed by atoms with Crippen molar-refractivity contribution in [1.82, 2.24) is 0 Å². The van der Waals surface area contributed by atoms with Crippen molar-refractivity contribution in [2.45, 2.75) is 51.0 Å². The standard InChI is InChI=1S/C17H24FNO/c1-12-7-15(18)9-16(8-12)19-17(11-20)6-2-3-14(10-17)13-4-5-13/h7-9,13-14,19-20H,2-6,10-11H2,1H3. The normalized spacial score (nSPS) is 30.2. The molecule has 1 aromatic carbocycles. The van der Waals surface area contributed by atoms with E-state index in [-0.39, 0.29) is 18.0 Å². The van der Waals surface area contributed by atoms with Crippen molar-refractivity contribution in [2.24, 2.45) is 11.8 Å². The summed E-state index contributed by atoms with van der Waals surface area (Å²) in [5.41, 5.74) is 1.45. The Morgan fingerprint density at radius 2 is 2.05 bits per heavy atom. The molecule has 0 amide bonds. The number of aliphatic hydroxyl groups excluding tert-OH is 1. The highest BCUT2D eigenvalue weighted by molar-refractivity contribution is 5.48. The highest BCUT2D eigenvalue weighted by Gasteiger charge is 2.41. The maximum absolute atomic E-state index is 13.5. The maximum Gasteiger partial charge on any atom is 0.125 e. The Balaban J connectivity index is 1.77. The molecule has 3 rings (SSSR count). The lowest BCUT2D eigenvalue weighted by atomic mass is 9.74. The Kier molecular flexibility index (Phi) is 3.72. The van der Waals surface area contributed by atoms with Gasteiger partial charge in [-0.15, -0.1) is 0 Å². The van der Waals surface area contributed by atoms with Gasteiger partial charge in [-0.1, -0.05) is 12.8 Å². The molecule has 2 unspecified atom stereocenters. The second-order valence-corrected chi connectivity index (χ2v) is 6.77. The molecule has 1 aromatic rings. The Bertz CT molecular complexity index is 466. The van der Waals surface area contributed by atoms with Gasteiger partial charge in [-0.3, -0.25) is 0 Å². The molecule has 0 radical (unpaired) electrons. The summed E-state index contributed by atoms with van der Waals surface area (Å²) in [4.78, 5) is 0. The minimum Gasteiger partial charge on any atom is -0.394 e. The van der Waals surface area contributed by atoms with Gasteiger partial charge in [-0.05, 0) is 68.2 Å². The van der Waals surface area contributed by atoms with Crippen molar-refractivity contribution in [3.05, 3.63) is 29.6 Å². The zero-order valence-corrected chi connectivity index (χ0v) is 12.2. The van der Waals surface area contributed by atoms with E-state index in [1.165, 1.54) is 31.4 Å². The predicted octanol–water partition coefficient (Wildman–Crippen LogP) is 3.88. The first-order valence-electron chi connectivity index (χ1n) is 7.76. The van der Waals surface area contributed by atoms with Crippen molar-refractivity contribution in [2.75, 3.05) is 11.9 Å². The van der Waals surface area contributed by atoms with Crippen LogP contribution in [0.4, 0.5) is 10.1 Å². The first kappa shape index (κ1) is 13.9. The Morgan fingerprint density at radius 1 is 1.25 bits per heavy atom. The first-order valence-corrected chi connectivity index (χ1v) is 7.76. The van der Waals surface area contributed by atoms with Crippen LogP contribution in [0.25, 0.3) is 0 Å². The van der Waals surface area contributed by atoms with Gasteiger partial charge in [-0.25, -0.2) is 4.39 Å². The summed E-state index contributed by atoms with van der Waals surface area (Å²) >= 11 is 0. The van der Waals surface area contributed by atoms with Crippen molar-refractivity contribution in [1.29, 1.82) is 0 Å². The molecule has 110 valence electrons. The molecule has 0 saturated heterocycles. The monoisotopic (exact) mass is 277 g/mol. The van der Waals surface area contributed by atoms with Crippen molar-refractivity contribution >= 4 is 5.69 Å². The molecule has 0 heterocycles. The number of benzene rings is 1. The van der Waals surface area contributed by atoms with Crippen LogP contribution >= 0.6 is 0 Å². The number of aryl methyl sites for hydroxylation is 1. The minimum atomic E-state index is -0.258. The maximum atomic E-state index is 13.5. The van der Waals surface area contributed by atoms with E-state index < -0.39 is 0 Å². The van der Waals surface area contributed by atoms with Crippen molar-refractivity contribution in [3.8, 4) is 0 Å². The quantitative estimate of drug-likeness (QED) is 0.875. The van der Waals surface area contributed by atoms with Crippen LogP contribution < -0.4 is 5.32 Å². The van der Waals surface area contributed by atoms with Crippen LogP contribution in [0.15, 0.2) is 18.2 Å². The molecule has 0 aromatic heterocycles. The lowest BCUT2D eigenvalue weighted by molar-refractivity contribution is 0.136. The first-order chi connectivity index (χ1) is 9.60. The Morgan fingerprint density at radius 3 is 2.70 bits per heavy atom. The summed E-state index contributed by atoms with van der Waals surface area (Å²) in [6, 6.07) is 5.02. The SMILES string of the molecule is Cc1cc(F)cc(NC2(CO)CCCC(C3CC3)C2)c1. The number of nitrogens with one attached hydrogen (secondary N) is 1. The fourth-order valence-electron chi connectivity index (χ4n) is 3.79. The lowest BCUT2D eigenvalue weighted by Gasteiger charge is -2.41. The molecule has 2 saturated carbocycles. The molecule has 2 fully saturated rings. The van der Waals surface area contributed by atoms with E-state index in [4.69, 9.17) is 0 Å². The average Bonchev–Trinajstić information content (AvgIpc) is 3.22. The lowest BCUT2D eigenvalue weighted by Crippen LogP contribution is -2.46. The summed E-state index contributed by atoms with van der Waals surface area (Å²) in [6.45, 7) is 2.03. The van der Waals surface area contributed by atoms with E-state index in [0.717, 1.165) is 42.3 Å². The molecule has 2 aliphatic rings. The van der Waals surface area contributed by atoms with Gasteiger partial charge in [0.25, 0.3) is 0 Å². The number of anilines is 1. The van der Waals surface area contributed by atoms with Crippen molar-refractivity contribution in [3.63, 3.8) is 0 Å². The van der Waals surface area contributed by atoms with Gasteiger partial charge in [0.2, 0.25) is 0 Å². The third kappa shape index (κ3) is 2.98. The fourth-order valence-corrected chi connectivity index (χ4v) is 3.79. The van der Waals surface area contributed by atoms with Crippen LogP contribution in [0.1, 0.15) is 44.1 Å². The van der Waals surface area contributed by atoms with Gasteiger partial charge in [0, 0.05) is 5.69 Å². The number of hydrogen-bond donors (Lipinski definition) is 2. The number of aliphatic hydroxyl groups is 1. The predicted molar refractivity (Wildman–Crippen MR) is 79.3 cm³/mol. The zero-order valence-electron chi connectivity index (χ0n) is 12.2. The third-order valence-corrected chi connectivity index (χ3v) is 4.93. The van der Waals surface area contributed by atoms with Crippen LogP contribution in [-0.4, -0.2) is 17.3 Å². The molecular weight excluding hydrogens is 253 g/mol. The van der Waals surface area contributed by atoms with Crippen molar-refractivity contribution < 1.29 is 9.50 Å². The highest BCUT2D eigenvalue weighted by atomic mass is 19.1. The number of halogens is 1. The number of hydrogen-bond acceptors (Lipinski definition) is 2. The number of rotatable bonds is 4. The molecule has 0 spiro atoms. The topological polar surface area (TPSA) is 32.3 Å². The van der Waals surface area contributed by atoms with Crippen LogP contribution in [0.3, 0.4) is 0 Å². The van der Waals surface area contributed by atoms with Gasteiger partial charge in [-0.2, -0.15) is 0 Å². The smallest absolute Gasteiger partial charge is 0.125 e. The summed E-state index contributed by atoms with van der Waals surface area (Å²) in [6.07, 6.45) is 7.14. The molecule has 0 aliphatic heterocycles. The van der Waals surface area contributed by atoms with Crippen LogP contribution in [0.2, 0.25) is 0 Å².